The second kappa shape index (κ2) is 15.3. The van der Waals surface area contributed by atoms with Crippen molar-refractivity contribution in [2.75, 3.05) is 63.9 Å². The maximum Gasteiger partial charge on any atom is 0.323 e. The van der Waals surface area contributed by atoms with Crippen LogP contribution in [0.5, 0.6) is 5.75 Å². The molecule has 0 aliphatic rings. The van der Waals surface area contributed by atoms with Crippen LogP contribution in [0.4, 0.5) is 21.9 Å². The number of methoxy groups -OCH3 is 1. The Morgan fingerprint density at radius 2 is 1.80 bits per heavy atom. The van der Waals surface area contributed by atoms with Crippen LogP contribution < -0.4 is 20.3 Å². The van der Waals surface area contributed by atoms with Gasteiger partial charge < -0.3 is 25.2 Å². The van der Waals surface area contributed by atoms with Gasteiger partial charge >= 0.3 is 6.03 Å². The largest absolute Gasteiger partial charge is 0.496 e. The maximum atomic E-state index is 12.8. The first-order valence-corrected chi connectivity index (χ1v) is 12.4. The Kier molecular flexibility index (Phi) is 13.2. The van der Waals surface area contributed by atoms with Gasteiger partial charge in [-0.15, -0.1) is 0 Å². The third kappa shape index (κ3) is 9.08. The Morgan fingerprint density at radius 1 is 1.11 bits per heavy atom. The molecule has 0 fully saturated rings. The van der Waals surface area contributed by atoms with Crippen LogP contribution in [-0.4, -0.2) is 71.0 Å². The van der Waals surface area contributed by atoms with Gasteiger partial charge in [-0.25, -0.2) is 4.79 Å². The van der Waals surface area contributed by atoms with Crippen molar-refractivity contribution in [3.63, 3.8) is 0 Å². The van der Waals surface area contributed by atoms with Crippen LogP contribution in [-0.2, 0) is 0 Å². The molecule has 0 spiro atoms. The minimum absolute atomic E-state index is 0.379. The number of urea groups is 1. The number of carbonyl (C=O) groups excluding carboxylic acids is 1. The number of nitrogens with one attached hydrogen (secondary N) is 2. The lowest BCUT2D eigenvalue weighted by atomic mass is 10.1. The van der Waals surface area contributed by atoms with Crippen molar-refractivity contribution in [2.45, 2.75) is 13.8 Å². The smallest absolute Gasteiger partial charge is 0.323 e. The summed E-state index contributed by atoms with van der Waals surface area (Å²) in [6.45, 7) is 9.19. The summed E-state index contributed by atoms with van der Waals surface area (Å²) in [4.78, 5) is 18.7. The van der Waals surface area contributed by atoms with E-state index < -0.39 is 0 Å². The number of rotatable bonds is 10. The van der Waals surface area contributed by atoms with E-state index in [0.717, 1.165) is 24.3 Å². The molecule has 0 heterocycles. The number of nitrogens with zero attached hydrogens (tertiary/aromatic N) is 4. The molecular formula is C25H36BrClN6O2. The van der Waals surface area contributed by atoms with Crippen molar-refractivity contribution >= 4 is 63.0 Å². The minimum Gasteiger partial charge on any atom is -0.496 e. The zero-order valence-electron chi connectivity index (χ0n) is 21.5. The number of anilines is 3. The Labute approximate surface area is 222 Å². The van der Waals surface area contributed by atoms with Gasteiger partial charge in [0.2, 0.25) is 0 Å². The van der Waals surface area contributed by atoms with Gasteiger partial charge in [0, 0.05) is 55.2 Å². The highest BCUT2D eigenvalue weighted by Crippen LogP contribution is 2.32. The summed E-state index contributed by atoms with van der Waals surface area (Å²) in [5, 5.41) is 11.9. The summed E-state index contributed by atoms with van der Waals surface area (Å²) in [5.74, 6) is 0.629. The molecule has 0 saturated heterocycles. The predicted molar refractivity (Wildman–Crippen MR) is 154 cm³/mol. The number of ether oxygens (including phenoxy) is 1. The van der Waals surface area contributed by atoms with Crippen LogP contribution >= 0.6 is 27.5 Å². The van der Waals surface area contributed by atoms with E-state index in [4.69, 9.17) is 16.3 Å². The van der Waals surface area contributed by atoms with E-state index in [1.807, 2.05) is 41.1 Å². The quantitative estimate of drug-likeness (QED) is 0.262. The highest BCUT2D eigenvalue weighted by molar-refractivity contribution is 9.11. The molecule has 0 aliphatic carbocycles. The van der Waals surface area contributed by atoms with Crippen LogP contribution in [0.1, 0.15) is 19.4 Å². The van der Waals surface area contributed by atoms with Crippen molar-refractivity contribution in [3.8, 4) is 5.75 Å². The summed E-state index contributed by atoms with van der Waals surface area (Å²) >= 11 is 9.57. The van der Waals surface area contributed by atoms with E-state index in [1.165, 1.54) is 0 Å². The van der Waals surface area contributed by atoms with E-state index in [2.05, 4.69) is 48.2 Å². The van der Waals surface area contributed by atoms with Crippen molar-refractivity contribution in [3.05, 3.63) is 52.0 Å². The van der Waals surface area contributed by atoms with Gasteiger partial charge in [-0.3, -0.25) is 5.01 Å². The van der Waals surface area contributed by atoms with Crippen LogP contribution in [0, 0.1) is 0 Å². The average Bonchev–Trinajstić information content (AvgIpc) is 2.85. The number of benzene rings is 2. The van der Waals surface area contributed by atoms with Gasteiger partial charge in [0.05, 0.1) is 24.2 Å². The van der Waals surface area contributed by atoms with Gasteiger partial charge in [0.25, 0.3) is 0 Å². The van der Waals surface area contributed by atoms with Crippen molar-refractivity contribution in [1.29, 1.82) is 0 Å². The summed E-state index contributed by atoms with van der Waals surface area (Å²) in [6, 6.07) is 10.3. The van der Waals surface area contributed by atoms with Gasteiger partial charge in [0.15, 0.2) is 0 Å². The van der Waals surface area contributed by atoms with E-state index >= 15 is 0 Å². The fourth-order valence-corrected chi connectivity index (χ4v) is 3.76. The lowest BCUT2D eigenvalue weighted by Crippen LogP contribution is -2.29. The maximum absolute atomic E-state index is 12.8. The third-order valence-electron chi connectivity index (χ3n) is 4.90. The molecule has 0 aromatic heterocycles. The Morgan fingerprint density at radius 3 is 2.37 bits per heavy atom. The normalized spacial score (nSPS) is 10.7. The first kappa shape index (κ1) is 30.3. The molecule has 0 saturated carbocycles. The number of hydrazone groups is 1. The fraction of sp³-hybridized carbons (Fsp3) is 0.360. The monoisotopic (exact) mass is 566 g/mol. The van der Waals surface area contributed by atoms with Crippen LogP contribution in [0.25, 0.3) is 5.70 Å². The van der Waals surface area contributed by atoms with Crippen LogP contribution in [0.15, 0.2) is 46.5 Å². The van der Waals surface area contributed by atoms with Crippen molar-refractivity contribution in [2.24, 2.45) is 5.10 Å². The average molecular weight is 568 g/mol. The number of carbonyl (C=O) groups is 1. The SMILES string of the molecule is C=NN(C)/C(=C/Br)c1cc(NC(=O)Nc2ccc(Cl)cc2N(C)CCN(C)C)ccc1OC.CC. The first-order valence-electron chi connectivity index (χ1n) is 11.1. The molecule has 0 unspecified atom stereocenters. The highest BCUT2D eigenvalue weighted by Gasteiger charge is 2.15. The molecule has 35 heavy (non-hydrogen) atoms. The summed E-state index contributed by atoms with van der Waals surface area (Å²) in [5.41, 5.74) is 3.52. The first-order chi connectivity index (χ1) is 16.7. The van der Waals surface area contributed by atoms with E-state index in [0.29, 0.717) is 27.8 Å². The summed E-state index contributed by atoms with van der Waals surface area (Å²) in [6.07, 6.45) is 0. The molecule has 2 aromatic rings. The van der Waals surface area contributed by atoms with Crippen LogP contribution in [0.2, 0.25) is 5.02 Å². The van der Waals surface area contributed by atoms with E-state index in [1.54, 1.807) is 54.5 Å². The van der Waals surface area contributed by atoms with Gasteiger partial charge in [-0.05, 0) is 50.5 Å². The molecular weight excluding hydrogens is 532 g/mol. The van der Waals surface area contributed by atoms with E-state index in [-0.39, 0.29) is 6.03 Å². The molecule has 2 amide bonds. The van der Waals surface area contributed by atoms with Gasteiger partial charge in [-0.1, -0.05) is 41.4 Å². The van der Waals surface area contributed by atoms with Gasteiger partial charge in [0.1, 0.15) is 5.75 Å². The molecule has 192 valence electrons. The van der Waals surface area contributed by atoms with Crippen molar-refractivity contribution < 1.29 is 9.53 Å². The third-order valence-corrected chi connectivity index (χ3v) is 5.57. The van der Waals surface area contributed by atoms with E-state index in [9.17, 15) is 4.79 Å². The lowest BCUT2D eigenvalue weighted by Gasteiger charge is -2.24. The number of amides is 2. The Hall–Kier alpha value is -2.75. The fourth-order valence-electron chi connectivity index (χ4n) is 3.05. The van der Waals surface area contributed by atoms with Gasteiger partial charge in [-0.2, -0.15) is 5.10 Å². The second-order valence-corrected chi connectivity index (χ2v) is 8.43. The topological polar surface area (TPSA) is 72.4 Å². The second-order valence-electron chi connectivity index (χ2n) is 7.54. The molecule has 2 N–H and O–H groups in total. The molecule has 0 bridgehead atoms. The molecule has 0 atom stereocenters. The lowest BCUT2D eigenvalue weighted by molar-refractivity contribution is 0.262. The van der Waals surface area contributed by atoms with Crippen molar-refractivity contribution in [1.82, 2.24) is 9.91 Å². The molecule has 0 aliphatic heterocycles. The summed E-state index contributed by atoms with van der Waals surface area (Å²) < 4.78 is 5.47. The summed E-state index contributed by atoms with van der Waals surface area (Å²) in [7, 11) is 9.34. The minimum atomic E-state index is -0.379. The number of likely N-dealkylation sites (N-methyl/N-ethyl adjacent to an activating group) is 2. The standard InChI is InChI=1S/C23H30BrClN6O2.C2H6/c1-26-31(5)21(15-24)18-14-17(8-10-22(18)33-6)27-23(32)28-19-9-7-16(25)13-20(19)30(4)12-11-29(2)3;1-2/h7-10,13-15H,1,11-12H2,2-6H3,(H2,27,28,32);1-2H3/b21-15+;. The number of halogens is 2. The Balaban J connectivity index is 0.00000298. The molecule has 8 nitrogen and oxygen atoms in total. The highest BCUT2D eigenvalue weighted by atomic mass is 79.9. The molecule has 0 radical (unpaired) electrons. The Bertz CT molecular complexity index is 1020. The number of hydrogen-bond acceptors (Lipinski definition) is 6. The predicted octanol–water partition coefficient (Wildman–Crippen LogP) is 6.26. The number of hydrogen-bond donors (Lipinski definition) is 2. The molecule has 2 rings (SSSR count). The van der Waals surface area contributed by atoms with Crippen LogP contribution in [0.3, 0.4) is 0 Å². The molecule has 2 aromatic carbocycles. The zero-order valence-corrected chi connectivity index (χ0v) is 23.9. The zero-order chi connectivity index (χ0) is 26.5. The molecule has 10 heteroatoms.